The minimum absolute atomic E-state index is 0. The number of fused-ring (bicyclic) bond motifs is 1. The number of anilines is 3. The van der Waals surface area contributed by atoms with E-state index in [1.54, 1.807) is 30.3 Å². The van der Waals surface area contributed by atoms with Gasteiger partial charge in [0.25, 0.3) is 10.0 Å². The van der Waals surface area contributed by atoms with E-state index in [0.717, 1.165) is 59.6 Å². The fourth-order valence-corrected chi connectivity index (χ4v) is 5.50. The number of nitrogens with zero attached hydrogens (tertiary/aromatic N) is 2. The zero-order chi connectivity index (χ0) is 23.6. The van der Waals surface area contributed by atoms with Crippen molar-refractivity contribution in [3.05, 3.63) is 60.7 Å². The maximum atomic E-state index is 13.2. The SMILES string of the molecule is CN(c1cc(N2CCCNCC2)ccc1NS(=O)(=O)c1ccc2ccccc2c1)S(C)(=O)=O.Cl. The highest BCUT2D eigenvalue weighted by molar-refractivity contribution is 7.93. The summed E-state index contributed by atoms with van der Waals surface area (Å²) in [6.07, 6.45) is 2.06. The third kappa shape index (κ3) is 5.75. The van der Waals surface area contributed by atoms with Crippen molar-refractivity contribution in [2.45, 2.75) is 11.3 Å². The maximum absolute atomic E-state index is 13.2. The van der Waals surface area contributed by atoms with Crippen LogP contribution in [-0.2, 0) is 20.0 Å². The molecule has 34 heavy (non-hydrogen) atoms. The van der Waals surface area contributed by atoms with Gasteiger partial charge in [-0.1, -0.05) is 30.3 Å². The van der Waals surface area contributed by atoms with Gasteiger partial charge in [0.1, 0.15) is 0 Å². The van der Waals surface area contributed by atoms with Crippen molar-refractivity contribution >= 4 is 60.3 Å². The molecule has 0 spiro atoms. The minimum Gasteiger partial charge on any atom is -0.370 e. The second kappa shape index (κ2) is 10.4. The van der Waals surface area contributed by atoms with Gasteiger partial charge >= 0.3 is 0 Å². The molecule has 0 aliphatic carbocycles. The lowest BCUT2D eigenvalue weighted by Gasteiger charge is -2.26. The number of sulfonamides is 2. The van der Waals surface area contributed by atoms with Gasteiger partial charge in [0, 0.05) is 32.4 Å². The first-order valence-corrected chi connectivity index (χ1v) is 14.0. The lowest BCUT2D eigenvalue weighted by molar-refractivity contribution is 0.598. The van der Waals surface area contributed by atoms with Crippen LogP contribution in [0.3, 0.4) is 0 Å². The molecule has 1 saturated heterocycles. The number of hydrogen-bond acceptors (Lipinski definition) is 6. The van der Waals surface area contributed by atoms with E-state index in [2.05, 4.69) is 14.9 Å². The van der Waals surface area contributed by atoms with Crippen LogP contribution in [0.4, 0.5) is 17.1 Å². The van der Waals surface area contributed by atoms with Gasteiger partial charge < -0.3 is 10.2 Å². The standard InChI is InChI=1S/C23H28N4O4S2.ClH/c1-26(32(2,28)29)23-17-20(27-14-5-12-24-13-15-27)9-11-22(23)25-33(30,31)21-10-8-18-6-3-4-7-19(18)16-21;/h3-4,6-11,16-17,24-25H,5,12-15H2,1-2H3;1H. The Bertz CT molecular complexity index is 1370. The average molecular weight is 525 g/mol. The first-order valence-electron chi connectivity index (χ1n) is 10.7. The summed E-state index contributed by atoms with van der Waals surface area (Å²) in [4.78, 5) is 2.28. The Morgan fingerprint density at radius 2 is 1.65 bits per heavy atom. The van der Waals surface area contributed by atoms with Crippen molar-refractivity contribution in [3.8, 4) is 0 Å². The van der Waals surface area contributed by atoms with Gasteiger partial charge in [0.05, 0.1) is 22.5 Å². The van der Waals surface area contributed by atoms with Crippen molar-refractivity contribution in [1.82, 2.24) is 5.32 Å². The van der Waals surface area contributed by atoms with Crippen LogP contribution in [0.5, 0.6) is 0 Å². The molecule has 4 rings (SSSR count). The molecule has 8 nitrogen and oxygen atoms in total. The largest absolute Gasteiger partial charge is 0.370 e. The molecule has 0 saturated carbocycles. The predicted octanol–water partition coefficient (Wildman–Crippen LogP) is 3.26. The molecule has 3 aromatic carbocycles. The zero-order valence-electron chi connectivity index (χ0n) is 19.1. The van der Waals surface area contributed by atoms with Gasteiger partial charge in [0.2, 0.25) is 10.0 Å². The quantitative estimate of drug-likeness (QED) is 0.513. The molecular weight excluding hydrogens is 496 g/mol. The average Bonchev–Trinajstić information content (AvgIpc) is 3.07. The molecule has 0 amide bonds. The molecule has 1 aliphatic rings. The van der Waals surface area contributed by atoms with E-state index in [1.165, 1.54) is 7.05 Å². The Morgan fingerprint density at radius 1 is 0.912 bits per heavy atom. The lowest BCUT2D eigenvalue weighted by Crippen LogP contribution is -2.29. The molecule has 0 atom stereocenters. The van der Waals surface area contributed by atoms with Crippen LogP contribution in [-0.4, -0.2) is 56.3 Å². The third-order valence-electron chi connectivity index (χ3n) is 5.80. The van der Waals surface area contributed by atoms with Crippen molar-refractivity contribution in [3.63, 3.8) is 0 Å². The molecule has 11 heteroatoms. The second-order valence-electron chi connectivity index (χ2n) is 8.14. The fourth-order valence-electron chi connectivity index (χ4n) is 3.88. The third-order valence-corrected chi connectivity index (χ3v) is 8.35. The van der Waals surface area contributed by atoms with E-state index in [-0.39, 0.29) is 28.7 Å². The normalized spacial score (nSPS) is 14.8. The zero-order valence-corrected chi connectivity index (χ0v) is 21.5. The Morgan fingerprint density at radius 3 is 2.38 bits per heavy atom. The molecule has 0 unspecified atom stereocenters. The molecule has 3 aromatic rings. The summed E-state index contributed by atoms with van der Waals surface area (Å²) in [6.45, 7) is 3.37. The van der Waals surface area contributed by atoms with Gasteiger partial charge in [-0.15, -0.1) is 12.4 Å². The summed E-state index contributed by atoms with van der Waals surface area (Å²) in [5.74, 6) is 0. The van der Waals surface area contributed by atoms with Crippen LogP contribution in [0.2, 0.25) is 0 Å². The summed E-state index contributed by atoms with van der Waals surface area (Å²) in [7, 11) is -6.14. The van der Waals surface area contributed by atoms with Gasteiger partial charge in [-0.2, -0.15) is 0 Å². The summed E-state index contributed by atoms with van der Waals surface area (Å²) in [6, 6.07) is 17.6. The molecule has 0 bridgehead atoms. The molecule has 1 aliphatic heterocycles. The van der Waals surface area contributed by atoms with Crippen LogP contribution < -0.4 is 19.2 Å². The van der Waals surface area contributed by atoms with Crippen LogP contribution in [0, 0.1) is 0 Å². The first-order chi connectivity index (χ1) is 15.6. The molecule has 1 heterocycles. The molecular formula is C23H29ClN4O4S2. The van der Waals surface area contributed by atoms with Crippen LogP contribution in [0.25, 0.3) is 10.8 Å². The minimum atomic E-state index is -3.94. The van der Waals surface area contributed by atoms with Crippen molar-refractivity contribution < 1.29 is 16.8 Å². The van der Waals surface area contributed by atoms with Gasteiger partial charge in [0.15, 0.2) is 0 Å². The molecule has 0 radical (unpaired) electrons. The number of halogens is 1. The first kappa shape index (κ1) is 26.1. The lowest BCUT2D eigenvalue weighted by atomic mass is 10.1. The predicted molar refractivity (Wildman–Crippen MR) is 141 cm³/mol. The van der Waals surface area contributed by atoms with Crippen molar-refractivity contribution in [2.75, 3.05) is 53.4 Å². The Labute approximate surface area is 207 Å². The van der Waals surface area contributed by atoms with Crippen molar-refractivity contribution in [1.29, 1.82) is 0 Å². The van der Waals surface area contributed by atoms with Crippen molar-refractivity contribution in [2.24, 2.45) is 0 Å². The Balaban J connectivity index is 0.00000324. The summed E-state index contributed by atoms with van der Waals surface area (Å²) in [5.41, 5.74) is 1.32. The van der Waals surface area contributed by atoms with Crippen LogP contribution in [0.15, 0.2) is 65.6 Å². The Hall–Kier alpha value is -2.53. The van der Waals surface area contributed by atoms with E-state index >= 15 is 0 Å². The van der Waals surface area contributed by atoms with Gasteiger partial charge in [-0.3, -0.25) is 9.03 Å². The monoisotopic (exact) mass is 524 g/mol. The Kier molecular flexibility index (Phi) is 7.97. The highest BCUT2D eigenvalue weighted by Crippen LogP contribution is 2.34. The summed E-state index contributed by atoms with van der Waals surface area (Å²) >= 11 is 0. The molecule has 2 N–H and O–H groups in total. The molecule has 184 valence electrons. The topological polar surface area (TPSA) is 98.8 Å². The number of rotatable bonds is 6. The highest BCUT2D eigenvalue weighted by Gasteiger charge is 2.23. The van der Waals surface area contributed by atoms with Crippen LogP contribution >= 0.6 is 12.4 Å². The summed E-state index contributed by atoms with van der Waals surface area (Å²) < 4.78 is 54.8. The second-order valence-corrected chi connectivity index (χ2v) is 11.8. The number of nitrogens with one attached hydrogen (secondary N) is 2. The van der Waals surface area contributed by atoms with E-state index in [4.69, 9.17) is 0 Å². The van der Waals surface area contributed by atoms with E-state index in [1.807, 2.05) is 30.3 Å². The van der Waals surface area contributed by atoms with Crippen LogP contribution in [0.1, 0.15) is 6.42 Å². The highest BCUT2D eigenvalue weighted by atomic mass is 35.5. The van der Waals surface area contributed by atoms with Gasteiger partial charge in [-0.25, -0.2) is 16.8 Å². The number of hydrogen-bond donors (Lipinski definition) is 2. The van der Waals surface area contributed by atoms with E-state index in [0.29, 0.717) is 0 Å². The maximum Gasteiger partial charge on any atom is 0.261 e. The fraction of sp³-hybridized carbons (Fsp3) is 0.304. The van der Waals surface area contributed by atoms with E-state index < -0.39 is 20.0 Å². The molecule has 0 aromatic heterocycles. The summed E-state index contributed by atoms with van der Waals surface area (Å²) in [5, 5.41) is 5.08. The molecule has 1 fully saturated rings. The van der Waals surface area contributed by atoms with E-state index in [9.17, 15) is 16.8 Å². The van der Waals surface area contributed by atoms with Gasteiger partial charge in [-0.05, 0) is 54.1 Å². The smallest absolute Gasteiger partial charge is 0.261 e. The number of benzene rings is 3.